The number of carbonyl (C=O) groups excluding carboxylic acids is 2. The first-order valence-electron chi connectivity index (χ1n) is 9.39. The number of amides is 1. The number of para-hydroxylation sites is 1. The SMILES string of the molecule is COC(=O)[C@@H](Cc1c[nH]c2ccccc12)NC(=O)CN[C@@H](C)c1ccccc1Cl. The van der Waals surface area contributed by atoms with Crippen molar-refractivity contribution in [2.45, 2.75) is 25.4 Å². The highest BCUT2D eigenvalue weighted by atomic mass is 35.5. The highest BCUT2D eigenvalue weighted by Gasteiger charge is 2.23. The molecular weight excluding hydrogens is 390 g/mol. The van der Waals surface area contributed by atoms with E-state index in [9.17, 15) is 9.59 Å². The van der Waals surface area contributed by atoms with E-state index in [1.165, 1.54) is 7.11 Å². The molecule has 0 bridgehead atoms. The number of benzene rings is 2. The molecule has 6 nitrogen and oxygen atoms in total. The summed E-state index contributed by atoms with van der Waals surface area (Å²) in [4.78, 5) is 27.9. The van der Waals surface area contributed by atoms with Gasteiger partial charge in [0.05, 0.1) is 13.7 Å². The van der Waals surface area contributed by atoms with E-state index >= 15 is 0 Å². The summed E-state index contributed by atoms with van der Waals surface area (Å²) in [6.07, 6.45) is 2.19. The van der Waals surface area contributed by atoms with Crippen LogP contribution in [0.1, 0.15) is 24.1 Å². The zero-order valence-corrected chi connectivity index (χ0v) is 17.1. The van der Waals surface area contributed by atoms with Crippen LogP contribution in [-0.4, -0.2) is 36.6 Å². The van der Waals surface area contributed by atoms with Gasteiger partial charge in [-0.15, -0.1) is 0 Å². The summed E-state index contributed by atoms with van der Waals surface area (Å²) in [6, 6.07) is 14.4. The van der Waals surface area contributed by atoms with Crippen molar-refractivity contribution in [2.75, 3.05) is 13.7 Å². The maximum absolute atomic E-state index is 12.5. The molecule has 7 heteroatoms. The lowest BCUT2D eigenvalue weighted by Crippen LogP contribution is -2.46. The number of H-pyrrole nitrogens is 1. The van der Waals surface area contributed by atoms with Crippen molar-refractivity contribution in [1.29, 1.82) is 0 Å². The Labute approximate surface area is 174 Å². The van der Waals surface area contributed by atoms with Gasteiger partial charge in [0.1, 0.15) is 6.04 Å². The first-order chi connectivity index (χ1) is 14.0. The molecular formula is C22H24ClN3O3. The number of aromatic nitrogens is 1. The number of methoxy groups -OCH3 is 1. The highest BCUT2D eigenvalue weighted by molar-refractivity contribution is 6.31. The molecule has 0 spiro atoms. The average molecular weight is 414 g/mol. The van der Waals surface area contributed by atoms with Gasteiger partial charge < -0.3 is 20.4 Å². The van der Waals surface area contributed by atoms with E-state index in [1.54, 1.807) is 0 Å². The van der Waals surface area contributed by atoms with Gasteiger partial charge in [-0.3, -0.25) is 4.79 Å². The van der Waals surface area contributed by atoms with E-state index in [1.807, 2.05) is 61.7 Å². The first kappa shape index (κ1) is 20.9. The summed E-state index contributed by atoms with van der Waals surface area (Å²) in [5.74, 6) is -0.776. The molecule has 0 radical (unpaired) electrons. The Morgan fingerprint density at radius 3 is 2.62 bits per heavy atom. The van der Waals surface area contributed by atoms with Gasteiger partial charge in [-0.2, -0.15) is 0 Å². The van der Waals surface area contributed by atoms with E-state index in [2.05, 4.69) is 15.6 Å². The first-order valence-corrected chi connectivity index (χ1v) is 9.77. The van der Waals surface area contributed by atoms with Crippen LogP contribution < -0.4 is 10.6 Å². The van der Waals surface area contributed by atoms with Crippen LogP contribution in [-0.2, 0) is 20.7 Å². The highest BCUT2D eigenvalue weighted by Crippen LogP contribution is 2.22. The standard InChI is InChI=1S/C22H24ClN3O3/c1-14(16-7-3-5-9-18(16)23)24-13-21(27)26-20(22(28)29-2)11-15-12-25-19-10-6-4-8-17(15)19/h3-10,12,14,20,24-25H,11,13H2,1-2H3,(H,26,27)/t14-,20+/m0/s1. The molecule has 1 aromatic heterocycles. The van der Waals surface area contributed by atoms with Crippen molar-refractivity contribution in [3.05, 3.63) is 70.9 Å². The zero-order valence-electron chi connectivity index (χ0n) is 16.4. The summed E-state index contributed by atoms with van der Waals surface area (Å²) in [5, 5.41) is 7.56. The summed E-state index contributed by atoms with van der Waals surface area (Å²) in [6.45, 7) is 1.98. The Morgan fingerprint density at radius 2 is 1.86 bits per heavy atom. The maximum Gasteiger partial charge on any atom is 0.328 e. The fraction of sp³-hybridized carbons (Fsp3) is 0.273. The summed E-state index contributed by atoms with van der Waals surface area (Å²) < 4.78 is 4.88. The molecule has 0 unspecified atom stereocenters. The smallest absolute Gasteiger partial charge is 0.328 e. The molecule has 0 aliphatic rings. The molecule has 152 valence electrons. The summed E-state index contributed by atoms with van der Waals surface area (Å²) >= 11 is 6.20. The second kappa shape index (κ2) is 9.58. The molecule has 2 atom stereocenters. The molecule has 0 saturated carbocycles. The van der Waals surface area contributed by atoms with Gasteiger partial charge in [-0.1, -0.05) is 48.0 Å². The van der Waals surface area contributed by atoms with Gasteiger partial charge in [0, 0.05) is 34.6 Å². The predicted octanol–water partition coefficient (Wildman–Crippen LogP) is 3.37. The molecule has 0 aliphatic heterocycles. The Balaban J connectivity index is 1.63. The second-order valence-corrected chi connectivity index (χ2v) is 7.24. The van der Waals surface area contributed by atoms with Gasteiger partial charge in [0.25, 0.3) is 0 Å². The van der Waals surface area contributed by atoms with Gasteiger partial charge in [0.2, 0.25) is 5.91 Å². The van der Waals surface area contributed by atoms with Crippen molar-refractivity contribution in [3.63, 3.8) is 0 Å². The predicted molar refractivity (Wildman–Crippen MR) is 114 cm³/mol. The molecule has 0 aliphatic carbocycles. The minimum atomic E-state index is -0.774. The lowest BCUT2D eigenvalue weighted by Gasteiger charge is -2.19. The number of ether oxygens (including phenoxy) is 1. The minimum absolute atomic E-state index is 0.0494. The van der Waals surface area contributed by atoms with Gasteiger partial charge in [0.15, 0.2) is 0 Å². The minimum Gasteiger partial charge on any atom is -0.467 e. The Kier molecular flexibility index (Phi) is 6.90. The van der Waals surface area contributed by atoms with Crippen molar-refractivity contribution >= 4 is 34.4 Å². The lowest BCUT2D eigenvalue weighted by molar-refractivity contribution is -0.144. The quantitative estimate of drug-likeness (QED) is 0.494. The van der Waals surface area contributed by atoms with E-state index in [0.717, 1.165) is 22.0 Å². The third-order valence-corrected chi connectivity index (χ3v) is 5.20. The van der Waals surface area contributed by atoms with Crippen LogP contribution in [0.2, 0.25) is 5.02 Å². The van der Waals surface area contributed by atoms with Crippen molar-refractivity contribution in [3.8, 4) is 0 Å². The third-order valence-electron chi connectivity index (χ3n) is 4.86. The molecule has 0 fully saturated rings. The van der Waals surface area contributed by atoms with Crippen molar-refractivity contribution < 1.29 is 14.3 Å². The fourth-order valence-electron chi connectivity index (χ4n) is 3.28. The Bertz CT molecular complexity index is 1000. The number of carbonyl (C=O) groups is 2. The number of fused-ring (bicyclic) bond motifs is 1. The van der Waals surface area contributed by atoms with E-state index in [0.29, 0.717) is 11.4 Å². The van der Waals surface area contributed by atoms with Crippen LogP contribution in [0, 0.1) is 0 Å². The van der Waals surface area contributed by atoms with Crippen LogP contribution in [0.5, 0.6) is 0 Å². The van der Waals surface area contributed by atoms with Crippen molar-refractivity contribution in [1.82, 2.24) is 15.6 Å². The number of hydrogen-bond donors (Lipinski definition) is 3. The van der Waals surface area contributed by atoms with Crippen molar-refractivity contribution in [2.24, 2.45) is 0 Å². The number of rotatable bonds is 8. The van der Waals surface area contributed by atoms with E-state index in [-0.39, 0.29) is 18.5 Å². The third kappa shape index (κ3) is 5.16. The summed E-state index contributed by atoms with van der Waals surface area (Å²) in [7, 11) is 1.31. The molecule has 3 N–H and O–H groups in total. The van der Waals surface area contributed by atoms with Gasteiger partial charge in [-0.25, -0.2) is 4.79 Å². The number of nitrogens with one attached hydrogen (secondary N) is 3. The molecule has 2 aromatic carbocycles. The second-order valence-electron chi connectivity index (χ2n) is 6.83. The van der Waals surface area contributed by atoms with Crippen LogP contribution in [0.15, 0.2) is 54.7 Å². The Hall–Kier alpha value is -2.83. The van der Waals surface area contributed by atoms with E-state index < -0.39 is 12.0 Å². The maximum atomic E-state index is 12.5. The van der Waals surface area contributed by atoms with Crippen LogP contribution in [0.4, 0.5) is 0 Å². The summed E-state index contributed by atoms with van der Waals surface area (Å²) in [5.41, 5.74) is 2.83. The van der Waals surface area contributed by atoms with Gasteiger partial charge >= 0.3 is 5.97 Å². The van der Waals surface area contributed by atoms with Crippen LogP contribution in [0.25, 0.3) is 10.9 Å². The van der Waals surface area contributed by atoms with E-state index in [4.69, 9.17) is 16.3 Å². The number of hydrogen-bond acceptors (Lipinski definition) is 4. The normalized spacial score (nSPS) is 13.1. The number of halogens is 1. The van der Waals surface area contributed by atoms with Crippen LogP contribution >= 0.6 is 11.6 Å². The van der Waals surface area contributed by atoms with Crippen LogP contribution in [0.3, 0.4) is 0 Å². The molecule has 1 amide bonds. The zero-order chi connectivity index (χ0) is 20.8. The molecule has 3 rings (SSSR count). The number of esters is 1. The lowest BCUT2D eigenvalue weighted by atomic mass is 10.0. The molecule has 1 heterocycles. The Morgan fingerprint density at radius 1 is 1.14 bits per heavy atom. The molecule has 29 heavy (non-hydrogen) atoms. The average Bonchev–Trinajstić information content (AvgIpc) is 3.14. The fourth-order valence-corrected chi connectivity index (χ4v) is 3.58. The largest absolute Gasteiger partial charge is 0.467 e. The van der Waals surface area contributed by atoms with Gasteiger partial charge in [-0.05, 0) is 30.2 Å². The topological polar surface area (TPSA) is 83.2 Å². The molecule has 3 aromatic rings. The number of aromatic amines is 1. The monoisotopic (exact) mass is 413 g/mol. The molecule has 0 saturated heterocycles.